The topological polar surface area (TPSA) is 129 Å². The Morgan fingerprint density at radius 1 is 1.31 bits per heavy atom. The van der Waals surface area contributed by atoms with E-state index in [4.69, 9.17) is 4.74 Å². The molecule has 9 heteroatoms. The maximum Gasteiger partial charge on any atom is 0.326 e. The van der Waals surface area contributed by atoms with Crippen LogP contribution in [-0.4, -0.2) is 52.9 Å². The molecule has 2 rings (SSSR count). The van der Waals surface area contributed by atoms with Crippen LogP contribution in [-0.2, 0) is 19.1 Å². The number of carbonyl (C=O) groups excluding carboxylic acids is 4. The van der Waals surface area contributed by atoms with E-state index in [-0.39, 0.29) is 0 Å². The minimum Gasteiger partial charge on any atom is -0.454 e. The first-order valence-electron chi connectivity index (χ1n) is 8.77. The Kier molecular flexibility index (Phi) is 5.85. The number of imide groups is 1. The number of ether oxygens (including phenoxy) is 1. The zero-order chi connectivity index (χ0) is 19.4. The van der Waals surface area contributed by atoms with Crippen molar-refractivity contribution >= 4 is 23.8 Å². The number of nitriles is 1. The number of hydrogen-bond donors (Lipinski definition) is 2. The summed E-state index contributed by atoms with van der Waals surface area (Å²) in [5.74, 6) is -1.94. The minimum absolute atomic E-state index is 0.391. The summed E-state index contributed by atoms with van der Waals surface area (Å²) in [6.07, 6.45) is 4.27. The maximum atomic E-state index is 12.2. The van der Waals surface area contributed by atoms with E-state index < -0.39 is 48.0 Å². The van der Waals surface area contributed by atoms with Gasteiger partial charge >= 0.3 is 12.0 Å². The highest BCUT2D eigenvalue weighted by atomic mass is 16.5. The molecule has 1 aliphatic carbocycles. The molecule has 1 saturated heterocycles. The number of hydrogen-bond acceptors (Lipinski definition) is 6. The lowest BCUT2D eigenvalue weighted by Gasteiger charge is -2.31. The average molecular weight is 364 g/mol. The van der Waals surface area contributed by atoms with Gasteiger partial charge in [-0.1, -0.05) is 26.2 Å². The number of esters is 1. The molecule has 2 fully saturated rings. The lowest BCUT2D eigenvalue weighted by atomic mass is 9.83. The molecule has 0 unspecified atom stereocenters. The monoisotopic (exact) mass is 364 g/mol. The fourth-order valence-corrected chi connectivity index (χ4v) is 3.17. The van der Waals surface area contributed by atoms with Crippen LogP contribution in [0.2, 0.25) is 0 Å². The third kappa shape index (κ3) is 4.12. The van der Waals surface area contributed by atoms with Gasteiger partial charge in [-0.05, 0) is 26.2 Å². The first-order valence-corrected chi connectivity index (χ1v) is 8.77. The SMILES string of the molecule is CC[C@@]1(C)NC(=O)N(CC(=O)OCC(=O)NC2(C#N)CCCCC2)C1=O. The molecular formula is C17H24N4O5. The number of nitrogens with zero attached hydrogens (tertiary/aromatic N) is 2. The van der Waals surface area contributed by atoms with E-state index in [1.165, 1.54) is 0 Å². The summed E-state index contributed by atoms with van der Waals surface area (Å²) in [6.45, 7) is 2.21. The Morgan fingerprint density at radius 2 is 1.96 bits per heavy atom. The van der Waals surface area contributed by atoms with Crippen molar-refractivity contribution in [3.63, 3.8) is 0 Å². The van der Waals surface area contributed by atoms with Crippen LogP contribution in [0.4, 0.5) is 4.79 Å². The quantitative estimate of drug-likeness (QED) is 0.524. The van der Waals surface area contributed by atoms with Crippen LogP contribution in [0.5, 0.6) is 0 Å². The van der Waals surface area contributed by atoms with Crippen molar-refractivity contribution in [2.75, 3.05) is 13.2 Å². The second-order valence-corrected chi connectivity index (χ2v) is 6.97. The minimum atomic E-state index is -1.03. The molecule has 0 aromatic heterocycles. The standard InChI is InChI=1S/C17H24N4O5/c1-3-16(2)14(24)21(15(25)20-16)9-13(23)26-10-12(22)19-17(11-18)7-5-4-6-8-17/h3-10H2,1-2H3,(H,19,22)(H,20,25)/t16-/m1/s1. The summed E-state index contributed by atoms with van der Waals surface area (Å²) in [7, 11) is 0. The molecule has 0 spiro atoms. The van der Waals surface area contributed by atoms with E-state index in [1.54, 1.807) is 13.8 Å². The molecule has 1 atom stereocenters. The zero-order valence-corrected chi connectivity index (χ0v) is 15.1. The summed E-state index contributed by atoms with van der Waals surface area (Å²) < 4.78 is 4.86. The van der Waals surface area contributed by atoms with Crippen molar-refractivity contribution in [1.82, 2.24) is 15.5 Å². The third-order valence-electron chi connectivity index (χ3n) is 5.00. The van der Waals surface area contributed by atoms with Crippen molar-refractivity contribution in [3.8, 4) is 6.07 Å². The molecule has 0 bridgehead atoms. The smallest absolute Gasteiger partial charge is 0.326 e. The predicted molar refractivity (Wildman–Crippen MR) is 89.5 cm³/mol. The van der Waals surface area contributed by atoms with E-state index >= 15 is 0 Å². The van der Waals surface area contributed by atoms with Crippen molar-refractivity contribution in [3.05, 3.63) is 0 Å². The van der Waals surface area contributed by atoms with Crippen LogP contribution in [0.3, 0.4) is 0 Å². The molecule has 142 valence electrons. The summed E-state index contributed by atoms with van der Waals surface area (Å²) in [4.78, 5) is 48.7. The van der Waals surface area contributed by atoms with Crippen LogP contribution in [0.15, 0.2) is 0 Å². The Hall–Kier alpha value is -2.63. The predicted octanol–water partition coefficient (Wildman–Crippen LogP) is 0.593. The summed E-state index contributed by atoms with van der Waals surface area (Å²) in [5, 5.41) is 14.5. The largest absolute Gasteiger partial charge is 0.454 e. The summed E-state index contributed by atoms with van der Waals surface area (Å²) in [5.41, 5.74) is -1.94. The molecule has 9 nitrogen and oxygen atoms in total. The molecule has 0 radical (unpaired) electrons. The molecule has 1 heterocycles. The second-order valence-electron chi connectivity index (χ2n) is 6.97. The molecule has 0 aromatic carbocycles. The molecule has 2 aliphatic rings. The fraction of sp³-hybridized carbons (Fsp3) is 0.706. The first kappa shape index (κ1) is 19.7. The summed E-state index contributed by atoms with van der Waals surface area (Å²) in [6, 6.07) is 1.48. The highest BCUT2D eigenvalue weighted by molar-refractivity contribution is 6.08. The van der Waals surface area contributed by atoms with Gasteiger partial charge in [0.05, 0.1) is 6.07 Å². The average Bonchev–Trinajstić information content (AvgIpc) is 2.84. The van der Waals surface area contributed by atoms with E-state index in [0.717, 1.165) is 24.2 Å². The number of urea groups is 1. The second kappa shape index (κ2) is 7.72. The Balaban J connectivity index is 1.83. The lowest BCUT2D eigenvalue weighted by molar-refractivity contribution is -0.151. The van der Waals surface area contributed by atoms with Gasteiger partial charge in [-0.3, -0.25) is 19.3 Å². The fourth-order valence-electron chi connectivity index (χ4n) is 3.17. The van der Waals surface area contributed by atoms with Gasteiger partial charge in [0.2, 0.25) is 0 Å². The van der Waals surface area contributed by atoms with Crippen molar-refractivity contribution in [2.24, 2.45) is 0 Å². The molecule has 26 heavy (non-hydrogen) atoms. The Labute approximate surface area is 152 Å². The lowest BCUT2D eigenvalue weighted by Crippen LogP contribution is -2.50. The number of nitrogens with one attached hydrogen (secondary N) is 2. The summed E-state index contributed by atoms with van der Waals surface area (Å²) >= 11 is 0. The van der Waals surface area contributed by atoms with Crippen LogP contribution in [0, 0.1) is 11.3 Å². The molecule has 0 aromatic rings. The van der Waals surface area contributed by atoms with Crippen LogP contribution in [0.1, 0.15) is 52.4 Å². The highest BCUT2D eigenvalue weighted by Crippen LogP contribution is 2.27. The van der Waals surface area contributed by atoms with Crippen LogP contribution >= 0.6 is 0 Å². The van der Waals surface area contributed by atoms with Gasteiger partial charge in [-0.25, -0.2) is 4.79 Å². The Morgan fingerprint density at radius 3 is 2.50 bits per heavy atom. The van der Waals surface area contributed by atoms with Crippen LogP contribution < -0.4 is 10.6 Å². The number of carbonyl (C=O) groups is 4. The van der Waals surface area contributed by atoms with Gasteiger partial charge < -0.3 is 15.4 Å². The Bertz CT molecular complexity index is 650. The van der Waals surface area contributed by atoms with E-state index in [1.807, 2.05) is 0 Å². The molecule has 4 amide bonds. The van der Waals surface area contributed by atoms with Gasteiger partial charge in [-0.2, -0.15) is 5.26 Å². The van der Waals surface area contributed by atoms with Crippen molar-refractivity contribution in [2.45, 2.75) is 63.5 Å². The van der Waals surface area contributed by atoms with E-state index in [2.05, 4.69) is 16.7 Å². The molecular weight excluding hydrogens is 340 g/mol. The number of rotatable bonds is 6. The zero-order valence-electron chi connectivity index (χ0n) is 15.1. The maximum absolute atomic E-state index is 12.2. The van der Waals surface area contributed by atoms with Crippen molar-refractivity contribution in [1.29, 1.82) is 5.26 Å². The molecule has 1 aliphatic heterocycles. The normalized spacial score (nSPS) is 24.6. The van der Waals surface area contributed by atoms with E-state index in [0.29, 0.717) is 19.3 Å². The highest BCUT2D eigenvalue weighted by Gasteiger charge is 2.47. The molecule has 2 N–H and O–H groups in total. The van der Waals surface area contributed by atoms with Crippen molar-refractivity contribution < 1.29 is 23.9 Å². The van der Waals surface area contributed by atoms with Gasteiger partial charge in [0.15, 0.2) is 6.61 Å². The third-order valence-corrected chi connectivity index (χ3v) is 5.00. The van der Waals surface area contributed by atoms with Gasteiger partial charge in [0.25, 0.3) is 11.8 Å². The van der Waals surface area contributed by atoms with Gasteiger partial charge in [-0.15, -0.1) is 0 Å². The molecule has 1 saturated carbocycles. The van der Waals surface area contributed by atoms with Gasteiger partial charge in [0, 0.05) is 0 Å². The number of amides is 4. The van der Waals surface area contributed by atoms with E-state index in [9.17, 15) is 24.4 Å². The van der Waals surface area contributed by atoms with Crippen LogP contribution in [0.25, 0.3) is 0 Å². The van der Waals surface area contributed by atoms with Gasteiger partial charge in [0.1, 0.15) is 17.6 Å². The first-order chi connectivity index (χ1) is 12.2.